The number of thiazole rings is 1. The third-order valence-corrected chi connectivity index (χ3v) is 5.69. The first-order valence-electron chi connectivity index (χ1n) is 8.98. The summed E-state index contributed by atoms with van der Waals surface area (Å²) in [5.74, 6) is -1.96. The molecule has 0 fully saturated rings. The number of carbonyl (C=O) groups excluding carboxylic acids is 2. The van der Waals surface area contributed by atoms with Gasteiger partial charge in [0, 0.05) is 17.3 Å². The van der Waals surface area contributed by atoms with Crippen LogP contribution in [0.15, 0.2) is 48.5 Å². The van der Waals surface area contributed by atoms with Crippen molar-refractivity contribution in [3.63, 3.8) is 0 Å². The van der Waals surface area contributed by atoms with Crippen molar-refractivity contribution >= 4 is 51.3 Å². The second-order valence-corrected chi connectivity index (χ2v) is 7.90. The van der Waals surface area contributed by atoms with Crippen molar-refractivity contribution in [3.8, 4) is 5.75 Å². The van der Waals surface area contributed by atoms with E-state index in [1.165, 1.54) is 24.0 Å². The van der Waals surface area contributed by atoms with E-state index in [9.17, 15) is 22.8 Å². The lowest BCUT2D eigenvalue weighted by atomic mass is 10.1. The lowest BCUT2D eigenvalue weighted by molar-refractivity contribution is -0.274. The fraction of sp³-hybridized carbons (Fsp3) is 0.150. The number of alkyl halides is 3. The maximum absolute atomic E-state index is 12.8. The van der Waals surface area contributed by atoms with E-state index in [1.54, 1.807) is 30.3 Å². The molecule has 1 aromatic heterocycles. The minimum Gasteiger partial charge on any atom is -0.404 e. The van der Waals surface area contributed by atoms with Gasteiger partial charge < -0.3 is 21.1 Å². The average molecular weight is 485 g/mol. The summed E-state index contributed by atoms with van der Waals surface area (Å²) < 4.78 is 42.2. The van der Waals surface area contributed by atoms with Gasteiger partial charge in [0.05, 0.1) is 5.02 Å². The quantitative estimate of drug-likeness (QED) is 0.477. The molecular weight excluding hydrogens is 469 g/mol. The Hall–Kier alpha value is -3.31. The van der Waals surface area contributed by atoms with E-state index in [1.807, 2.05) is 0 Å². The number of ether oxygens (including phenoxy) is 1. The predicted molar refractivity (Wildman–Crippen MR) is 115 cm³/mol. The maximum atomic E-state index is 12.8. The number of carbonyl (C=O) groups is 2. The molecule has 1 atom stereocenters. The Bertz CT molecular complexity index is 1150. The van der Waals surface area contributed by atoms with Crippen molar-refractivity contribution in [2.24, 2.45) is 5.73 Å². The third kappa shape index (κ3) is 5.11. The van der Waals surface area contributed by atoms with Crippen LogP contribution in [0.3, 0.4) is 0 Å². The molecule has 0 saturated carbocycles. The summed E-state index contributed by atoms with van der Waals surface area (Å²) >= 11 is 6.69. The molecular formula is C20H16ClF3N4O3S. The smallest absolute Gasteiger partial charge is 0.404 e. The Kier molecular flexibility index (Phi) is 6.60. The zero-order chi connectivity index (χ0) is 23.6. The number of halogens is 4. The highest BCUT2D eigenvalue weighted by molar-refractivity contribution is 7.18. The lowest BCUT2D eigenvalue weighted by Crippen LogP contribution is -2.40. The minimum absolute atomic E-state index is 0.0763. The number of amides is 1. The molecule has 2 aromatic carbocycles. The molecule has 168 valence electrons. The van der Waals surface area contributed by atoms with Gasteiger partial charge in [-0.05, 0) is 19.1 Å². The first-order valence-corrected chi connectivity index (χ1v) is 10.2. The van der Waals surface area contributed by atoms with Crippen LogP contribution in [0, 0.1) is 0 Å². The zero-order valence-electron chi connectivity index (χ0n) is 16.4. The van der Waals surface area contributed by atoms with Gasteiger partial charge in [-0.25, -0.2) is 4.98 Å². The van der Waals surface area contributed by atoms with Gasteiger partial charge in [0.25, 0.3) is 0 Å². The van der Waals surface area contributed by atoms with Gasteiger partial charge >= 0.3 is 6.36 Å². The number of primary amides is 1. The summed E-state index contributed by atoms with van der Waals surface area (Å²) in [6.45, 7) is 1.43. The summed E-state index contributed by atoms with van der Waals surface area (Å²) in [6, 6.07) is 10.8. The fourth-order valence-electron chi connectivity index (χ4n) is 2.78. The number of nitrogens with zero attached hydrogens (tertiary/aromatic N) is 2. The maximum Gasteiger partial charge on any atom is 0.573 e. The van der Waals surface area contributed by atoms with Crippen LogP contribution in [0.25, 0.3) is 0 Å². The van der Waals surface area contributed by atoms with Gasteiger partial charge in [-0.3, -0.25) is 9.59 Å². The van der Waals surface area contributed by atoms with Crippen LogP contribution < -0.4 is 21.1 Å². The highest BCUT2D eigenvalue weighted by Crippen LogP contribution is 2.39. The van der Waals surface area contributed by atoms with Crippen LogP contribution in [0.2, 0.25) is 5.02 Å². The van der Waals surface area contributed by atoms with Gasteiger partial charge in [-0.1, -0.05) is 53.3 Å². The molecule has 0 aliphatic carbocycles. The molecule has 0 radical (unpaired) electrons. The fourth-order valence-corrected chi connectivity index (χ4v) is 3.98. The molecule has 1 heterocycles. The van der Waals surface area contributed by atoms with E-state index >= 15 is 0 Å². The Morgan fingerprint density at radius 1 is 1.19 bits per heavy atom. The summed E-state index contributed by atoms with van der Waals surface area (Å²) in [5.41, 5.74) is 11.8. The molecule has 12 heteroatoms. The van der Waals surface area contributed by atoms with Crippen molar-refractivity contribution in [1.29, 1.82) is 0 Å². The van der Waals surface area contributed by atoms with Crippen LogP contribution in [0.4, 0.5) is 29.8 Å². The predicted octanol–water partition coefficient (Wildman–Crippen LogP) is 4.52. The van der Waals surface area contributed by atoms with Crippen molar-refractivity contribution in [3.05, 3.63) is 64.0 Å². The molecule has 1 amide bonds. The molecule has 0 bridgehead atoms. The van der Waals surface area contributed by atoms with Crippen LogP contribution in [0.1, 0.15) is 22.2 Å². The topological polar surface area (TPSA) is 112 Å². The molecule has 0 saturated heterocycles. The summed E-state index contributed by atoms with van der Waals surface area (Å²) in [5, 5.41) is -0.218. The Morgan fingerprint density at radius 3 is 2.44 bits per heavy atom. The van der Waals surface area contributed by atoms with E-state index in [0.29, 0.717) is 5.56 Å². The van der Waals surface area contributed by atoms with Gasteiger partial charge in [-0.2, -0.15) is 0 Å². The van der Waals surface area contributed by atoms with E-state index < -0.39 is 29.8 Å². The van der Waals surface area contributed by atoms with Crippen molar-refractivity contribution in [2.45, 2.75) is 19.3 Å². The standard InChI is InChI=1S/C20H16ClF3N4O3S/c1-10(18(26)30)28(12-7-8-13(21)14(9-12)31-20(22,23)24)19-27-17(25)16(32-19)15(29)11-5-3-2-4-6-11/h2-10H,25H2,1H3,(H2,26,30)/t10-/m1/s1. The molecule has 3 aromatic rings. The average Bonchev–Trinajstić information content (AvgIpc) is 3.10. The van der Waals surface area contributed by atoms with E-state index in [4.69, 9.17) is 23.1 Å². The van der Waals surface area contributed by atoms with Crippen molar-refractivity contribution in [1.82, 2.24) is 4.98 Å². The number of hydrogen-bond donors (Lipinski definition) is 2. The number of ketones is 1. The lowest BCUT2D eigenvalue weighted by Gasteiger charge is -2.27. The molecule has 0 aliphatic rings. The number of hydrogen-bond acceptors (Lipinski definition) is 7. The third-order valence-electron chi connectivity index (χ3n) is 4.31. The molecule has 4 N–H and O–H groups in total. The zero-order valence-corrected chi connectivity index (χ0v) is 18.0. The molecule has 7 nitrogen and oxygen atoms in total. The molecule has 32 heavy (non-hydrogen) atoms. The van der Waals surface area contributed by atoms with Crippen LogP contribution in [0.5, 0.6) is 5.75 Å². The second-order valence-electron chi connectivity index (χ2n) is 6.52. The van der Waals surface area contributed by atoms with Crippen LogP contribution in [-0.4, -0.2) is 29.1 Å². The van der Waals surface area contributed by atoms with Gasteiger partial charge in [0.1, 0.15) is 22.5 Å². The normalized spacial score (nSPS) is 12.3. The monoisotopic (exact) mass is 484 g/mol. The first kappa shape index (κ1) is 23.4. The van der Waals surface area contributed by atoms with E-state index in [-0.39, 0.29) is 26.5 Å². The van der Waals surface area contributed by atoms with E-state index in [0.717, 1.165) is 17.4 Å². The van der Waals surface area contributed by atoms with Gasteiger partial charge in [-0.15, -0.1) is 13.2 Å². The van der Waals surface area contributed by atoms with Crippen LogP contribution >= 0.6 is 22.9 Å². The molecule has 0 aliphatic heterocycles. The summed E-state index contributed by atoms with van der Waals surface area (Å²) in [7, 11) is 0. The number of nitrogen functional groups attached to an aromatic ring is 1. The van der Waals surface area contributed by atoms with E-state index in [2.05, 4.69) is 9.72 Å². The Morgan fingerprint density at radius 2 is 1.84 bits per heavy atom. The molecule has 0 unspecified atom stereocenters. The van der Waals surface area contributed by atoms with Crippen molar-refractivity contribution in [2.75, 3.05) is 10.6 Å². The van der Waals surface area contributed by atoms with Crippen LogP contribution in [-0.2, 0) is 4.79 Å². The largest absolute Gasteiger partial charge is 0.573 e. The highest BCUT2D eigenvalue weighted by atomic mass is 35.5. The number of nitrogens with two attached hydrogens (primary N) is 2. The minimum atomic E-state index is -4.98. The second kappa shape index (κ2) is 9.05. The summed E-state index contributed by atoms with van der Waals surface area (Å²) in [4.78, 5) is 30.3. The number of rotatable bonds is 7. The number of anilines is 3. The first-order chi connectivity index (χ1) is 15.0. The Balaban J connectivity index is 2.08. The van der Waals surface area contributed by atoms with Gasteiger partial charge in [0.2, 0.25) is 11.7 Å². The molecule has 3 rings (SSSR count). The van der Waals surface area contributed by atoms with Gasteiger partial charge in [0.15, 0.2) is 5.13 Å². The van der Waals surface area contributed by atoms with Crippen molar-refractivity contribution < 1.29 is 27.5 Å². The molecule has 0 spiro atoms. The summed E-state index contributed by atoms with van der Waals surface area (Å²) in [6.07, 6.45) is -4.98. The number of aromatic nitrogens is 1. The SMILES string of the molecule is C[C@H](C(N)=O)N(c1ccc(Cl)c(OC(F)(F)F)c1)c1nc(N)c(C(=O)c2ccccc2)s1. The Labute approximate surface area is 189 Å². The number of benzene rings is 2. The highest BCUT2D eigenvalue weighted by Gasteiger charge is 2.33.